The summed E-state index contributed by atoms with van der Waals surface area (Å²) in [6, 6.07) is 14.1. The largest absolute Gasteiger partial charge is 0.429 e. The number of nitrogens with zero attached hydrogens (tertiary/aromatic N) is 4. The number of azo groups is 2. The molecule has 0 aliphatic carbocycles. The molecule has 0 amide bonds. The molecule has 5 N–H and O–H groups in total. The Balaban J connectivity index is 2.09. The van der Waals surface area contributed by atoms with E-state index in [0.717, 1.165) is 11.6 Å². The summed E-state index contributed by atoms with van der Waals surface area (Å²) >= 11 is 0. The van der Waals surface area contributed by atoms with E-state index in [1.807, 2.05) is 13.0 Å². The van der Waals surface area contributed by atoms with Crippen LogP contribution in [0, 0.1) is 6.92 Å². The number of anilines is 2. The van der Waals surface area contributed by atoms with Crippen LogP contribution in [0.5, 0.6) is 5.75 Å². The fraction of sp³-hybridized carbons (Fsp3) is 0.0500. The normalized spacial score (nSPS) is 11.8. The van der Waals surface area contributed by atoms with Crippen molar-refractivity contribution in [3.8, 4) is 5.75 Å². The summed E-state index contributed by atoms with van der Waals surface area (Å²) in [7, 11) is -4.72. The Morgan fingerprint density at radius 2 is 1.56 bits per heavy atom. The highest BCUT2D eigenvalue weighted by Gasteiger charge is 2.22. The van der Waals surface area contributed by atoms with Crippen molar-refractivity contribution < 1.29 is 22.5 Å². The molecule has 3 aromatic carbocycles. The van der Waals surface area contributed by atoms with Crippen molar-refractivity contribution in [1.82, 2.24) is 0 Å². The summed E-state index contributed by atoms with van der Waals surface area (Å²) in [6.45, 7) is 2.13. The molecular weight excluding hydrogens is 436 g/mol. The fourth-order valence-electron chi connectivity index (χ4n) is 2.65. The second-order valence-corrected chi connectivity index (χ2v) is 7.89. The Hall–Kier alpha value is -4.16. The molecule has 32 heavy (non-hydrogen) atoms. The molecule has 3 rings (SSSR count). The number of rotatable bonds is 7. The van der Waals surface area contributed by atoms with Crippen LogP contribution in [0.15, 0.2) is 79.9 Å². The summed E-state index contributed by atoms with van der Waals surface area (Å²) < 4.78 is 37.9. The van der Waals surface area contributed by atoms with Crippen LogP contribution >= 0.6 is 0 Å². The van der Waals surface area contributed by atoms with Gasteiger partial charge in [-0.3, -0.25) is 9.35 Å². The molecule has 3 aromatic rings. The molecule has 0 saturated carbocycles. The van der Waals surface area contributed by atoms with Gasteiger partial charge in [-0.15, -0.1) is 10.2 Å². The van der Waals surface area contributed by atoms with Crippen LogP contribution in [-0.4, -0.2) is 19.4 Å². The highest BCUT2D eigenvalue weighted by molar-refractivity contribution is 7.86. The topological polar surface area (TPSA) is 182 Å². The quantitative estimate of drug-likeness (QED) is 0.199. The maximum atomic E-state index is 11.8. The van der Waals surface area contributed by atoms with E-state index in [2.05, 4.69) is 20.5 Å². The Labute approximate surface area is 183 Å². The molecule has 0 bridgehead atoms. The molecule has 0 fully saturated rings. The van der Waals surface area contributed by atoms with Crippen molar-refractivity contribution >= 4 is 50.7 Å². The van der Waals surface area contributed by atoms with Crippen LogP contribution in [-0.2, 0) is 14.9 Å². The molecule has 0 atom stereocenters. The number of carbonyl (C=O) groups is 1. The third-order valence-electron chi connectivity index (χ3n) is 4.14. The van der Waals surface area contributed by atoms with Gasteiger partial charge >= 0.3 is 0 Å². The predicted molar refractivity (Wildman–Crippen MR) is 118 cm³/mol. The Bertz CT molecular complexity index is 1340. The Morgan fingerprint density at radius 3 is 2.22 bits per heavy atom. The molecule has 164 valence electrons. The smallest absolute Gasteiger partial charge is 0.298 e. The van der Waals surface area contributed by atoms with Gasteiger partial charge in [0.2, 0.25) is 0 Å². The summed E-state index contributed by atoms with van der Waals surface area (Å²) in [6.07, 6.45) is 0. The van der Waals surface area contributed by atoms with Crippen molar-refractivity contribution in [1.29, 1.82) is 0 Å². The number of aryl methyl sites for hydroxylation is 1. The molecule has 0 radical (unpaired) electrons. The van der Waals surface area contributed by atoms with Crippen LogP contribution < -0.4 is 16.2 Å². The Morgan fingerprint density at radius 1 is 0.906 bits per heavy atom. The molecular formula is C20H18N6O5S. The lowest BCUT2D eigenvalue weighted by Crippen LogP contribution is -2.05. The predicted octanol–water partition coefficient (Wildman–Crippen LogP) is 4.77. The van der Waals surface area contributed by atoms with Crippen molar-refractivity contribution in [2.75, 3.05) is 11.5 Å². The average molecular weight is 454 g/mol. The average Bonchev–Trinajstić information content (AvgIpc) is 2.73. The SMILES string of the molecule is Cc1cccc(N=Nc2c(N)c(N=Nc3cccc(OC=O)c3)cc(S(=O)(=O)O)c2N)c1. The van der Waals surface area contributed by atoms with E-state index >= 15 is 0 Å². The van der Waals surface area contributed by atoms with Gasteiger partial charge in [0.25, 0.3) is 16.6 Å². The molecule has 0 spiro atoms. The number of benzene rings is 3. The minimum atomic E-state index is -4.72. The van der Waals surface area contributed by atoms with E-state index in [-0.39, 0.29) is 40.7 Å². The number of ether oxygens (including phenoxy) is 1. The first-order valence-electron chi connectivity index (χ1n) is 8.99. The van der Waals surface area contributed by atoms with E-state index < -0.39 is 15.0 Å². The first-order valence-corrected chi connectivity index (χ1v) is 10.4. The molecule has 0 aliphatic heterocycles. The van der Waals surface area contributed by atoms with E-state index in [1.54, 1.807) is 30.3 Å². The van der Waals surface area contributed by atoms with Gasteiger partial charge in [0.05, 0.1) is 22.7 Å². The standard InChI is InChI=1S/C20H18N6O5S/c1-12-4-2-5-13(8-12)24-26-20-18(21)16(10-17(19(20)22)32(28,29)30)25-23-14-6-3-7-15(9-14)31-11-27/h2-11H,21-22H2,1H3,(H,28,29,30). The minimum absolute atomic E-state index is 0.102. The summed E-state index contributed by atoms with van der Waals surface area (Å²) in [5.74, 6) is 0.230. The maximum Gasteiger partial charge on any atom is 0.298 e. The first kappa shape index (κ1) is 22.5. The van der Waals surface area contributed by atoms with Gasteiger partial charge in [0, 0.05) is 6.07 Å². The molecule has 0 saturated heterocycles. The number of nitrogen functional groups attached to an aromatic ring is 2. The van der Waals surface area contributed by atoms with E-state index in [1.165, 1.54) is 12.1 Å². The lowest BCUT2D eigenvalue weighted by Gasteiger charge is -2.10. The number of hydrogen-bond acceptors (Lipinski definition) is 10. The van der Waals surface area contributed by atoms with Gasteiger partial charge in [0.15, 0.2) is 0 Å². The monoisotopic (exact) mass is 454 g/mol. The minimum Gasteiger partial charge on any atom is -0.429 e. The first-order chi connectivity index (χ1) is 15.2. The van der Waals surface area contributed by atoms with Crippen LogP contribution in [0.25, 0.3) is 0 Å². The number of carbonyl (C=O) groups excluding carboxylic acids is 1. The van der Waals surface area contributed by atoms with Gasteiger partial charge in [-0.1, -0.05) is 18.2 Å². The lowest BCUT2D eigenvalue weighted by atomic mass is 10.2. The molecule has 0 unspecified atom stereocenters. The number of hydrogen-bond donors (Lipinski definition) is 3. The van der Waals surface area contributed by atoms with Crippen molar-refractivity contribution in [3.63, 3.8) is 0 Å². The van der Waals surface area contributed by atoms with Crippen molar-refractivity contribution in [2.45, 2.75) is 11.8 Å². The number of nitrogens with two attached hydrogens (primary N) is 2. The summed E-state index contributed by atoms with van der Waals surface area (Å²) in [5, 5.41) is 15.9. The van der Waals surface area contributed by atoms with Gasteiger partial charge in [-0.25, -0.2) is 0 Å². The molecule has 11 nitrogen and oxygen atoms in total. The molecule has 12 heteroatoms. The fourth-order valence-corrected chi connectivity index (χ4v) is 3.29. The van der Waals surface area contributed by atoms with Crippen LogP contribution in [0.2, 0.25) is 0 Å². The Kier molecular flexibility index (Phi) is 6.56. The van der Waals surface area contributed by atoms with Crippen molar-refractivity contribution in [3.05, 3.63) is 60.2 Å². The summed E-state index contributed by atoms with van der Waals surface area (Å²) in [4.78, 5) is 9.85. The van der Waals surface area contributed by atoms with Gasteiger partial charge in [-0.05, 0) is 42.8 Å². The highest BCUT2D eigenvalue weighted by atomic mass is 32.2. The summed E-state index contributed by atoms with van der Waals surface area (Å²) in [5.41, 5.74) is 12.9. The second-order valence-electron chi connectivity index (χ2n) is 6.50. The molecule has 0 aromatic heterocycles. The molecule has 0 aliphatic rings. The zero-order chi connectivity index (χ0) is 23.3. The van der Waals surface area contributed by atoms with E-state index in [0.29, 0.717) is 5.69 Å². The van der Waals surface area contributed by atoms with Crippen LogP contribution in [0.4, 0.5) is 34.1 Å². The third-order valence-corrected chi connectivity index (χ3v) is 5.03. The van der Waals surface area contributed by atoms with Crippen LogP contribution in [0.1, 0.15) is 5.56 Å². The van der Waals surface area contributed by atoms with Gasteiger partial charge in [-0.2, -0.15) is 18.6 Å². The zero-order valence-corrected chi connectivity index (χ0v) is 17.5. The van der Waals surface area contributed by atoms with Gasteiger partial charge < -0.3 is 16.2 Å². The van der Waals surface area contributed by atoms with E-state index in [4.69, 9.17) is 16.2 Å². The maximum absolute atomic E-state index is 11.8. The third kappa shape index (κ3) is 5.30. The molecule has 0 heterocycles. The van der Waals surface area contributed by atoms with Crippen molar-refractivity contribution in [2.24, 2.45) is 20.5 Å². The second kappa shape index (κ2) is 9.32. The van der Waals surface area contributed by atoms with E-state index in [9.17, 15) is 17.8 Å². The highest BCUT2D eigenvalue weighted by Crippen LogP contribution is 2.43. The van der Waals surface area contributed by atoms with Gasteiger partial charge in [0.1, 0.15) is 22.0 Å². The van der Waals surface area contributed by atoms with Crippen LogP contribution in [0.3, 0.4) is 0 Å². The lowest BCUT2D eigenvalue weighted by molar-refractivity contribution is -0.120. The zero-order valence-electron chi connectivity index (χ0n) is 16.7.